The number of ether oxygens (including phenoxy) is 3. The molecule has 50 heavy (non-hydrogen) atoms. The van der Waals surface area contributed by atoms with Crippen LogP contribution in [-0.2, 0) is 24.3 Å². The van der Waals surface area contributed by atoms with Crippen molar-refractivity contribution in [2.75, 3.05) is 29.7 Å². The summed E-state index contributed by atoms with van der Waals surface area (Å²) in [4.78, 5) is 33.9. The molecule has 16 heteroatoms. The Morgan fingerprint density at radius 2 is 1.78 bits per heavy atom. The number of halogens is 3. The van der Waals surface area contributed by atoms with Gasteiger partial charge < -0.3 is 24.4 Å². The molecule has 1 aromatic heterocycles. The lowest BCUT2D eigenvalue weighted by Gasteiger charge is -2.33. The summed E-state index contributed by atoms with van der Waals surface area (Å²) in [5.74, 6) is -2.21. The Morgan fingerprint density at radius 1 is 1.06 bits per heavy atom. The summed E-state index contributed by atoms with van der Waals surface area (Å²) in [7, 11) is -4.50. The number of benzene rings is 3. The van der Waals surface area contributed by atoms with Gasteiger partial charge in [0.15, 0.2) is 11.9 Å². The molecule has 1 amide bonds. The molecule has 2 aliphatic heterocycles. The van der Waals surface area contributed by atoms with E-state index in [1.54, 1.807) is 4.90 Å². The molecule has 12 nitrogen and oxygen atoms in total. The van der Waals surface area contributed by atoms with Crippen LogP contribution in [0.1, 0.15) is 52.2 Å². The van der Waals surface area contributed by atoms with Crippen molar-refractivity contribution in [2.45, 2.75) is 63.2 Å². The van der Waals surface area contributed by atoms with Crippen molar-refractivity contribution in [1.82, 2.24) is 14.9 Å². The molecular weight excluding hydrogens is 696 g/mol. The second-order valence-electron chi connectivity index (χ2n) is 12.9. The average molecular weight is 730 g/mol. The number of nitrogens with zero attached hydrogens (tertiary/aromatic N) is 3. The van der Waals surface area contributed by atoms with Gasteiger partial charge in [0.1, 0.15) is 28.7 Å². The van der Waals surface area contributed by atoms with Crippen LogP contribution < -0.4 is 14.8 Å². The van der Waals surface area contributed by atoms with E-state index in [1.165, 1.54) is 49.5 Å². The molecule has 0 unspecified atom stereocenters. The molecule has 6 rings (SSSR count). The first-order chi connectivity index (χ1) is 23.6. The molecule has 0 saturated carbocycles. The summed E-state index contributed by atoms with van der Waals surface area (Å²) in [5.41, 5.74) is -0.838. The van der Waals surface area contributed by atoms with Crippen LogP contribution in [0.4, 0.5) is 25.2 Å². The van der Waals surface area contributed by atoms with Gasteiger partial charge in [-0.15, -0.1) is 0 Å². The molecule has 0 spiro atoms. The van der Waals surface area contributed by atoms with Crippen LogP contribution in [0.25, 0.3) is 22.0 Å². The summed E-state index contributed by atoms with van der Waals surface area (Å²) in [6.07, 6.45) is 1.33. The maximum atomic E-state index is 15.9. The molecule has 1 saturated heterocycles. The van der Waals surface area contributed by atoms with Crippen molar-refractivity contribution in [3.05, 3.63) is 70.9 Å². The highest BCUT2D eigenvalue weighted by Gasteiger charge is 2.34. The Kier molecular flexibility index (Phi) is 9.48. The molecule has 2 aliphatic rings. The Balaban J connectivity index is 1.20. The number of hydrogen-bond donors (Lipinski definition) is 2. The Hall–Kier alpha value is -4.76. The number of likely N-dealkylation sites (tertiary alicyclic amines) is 1. The molecule has 2 N–H and O–H groups in total. The predicted octanol–water partition coefficient (Wildman–Crippen LogP) is 6.84. The van der Waals surface area contributed by atoms with Crippen LogP contribution in [-0.4, -0.2) is 66.7 Å². The minimum atomic E-state index is -4.50. The number of aromatic nitrogens is 2. The van der Waals surface area contributed by atoms with Crippen LogP contribution in [0.15, 0.2) is 53.6 Å². The summed E-state index contributed by atoms with van der Waals surface area (Å²) in [6, 6.07) is 9.33. The fourth-order valence-corrected chi connectivity index (χ4v) is 7.36. The quantitative estimate of drug-likeness (QED) is 0.194. The monoisotopic (exact) mass is 729 g/mol. The maximum absolute atomic E-state index is 15.9. The number of piperidine rings is 1. The number of carbonyl (C=O) groups excluding carboxylic acids is 2. The number of rotatable bonds is 7. The third-order valence-corrected chi connectivity index (χ3v) is 9.67. The highest BCUT2D eigenvalue weighted by Crippen LogP contribution is 2.43. The van der Waals surface area contributed by atoms with Crippen LogP contribution in [0, 0.1) is 11.6 Å². The number of carbonyl (C=O) groups is 2. The van der Waals surface area contributed by atoms with Gasteiger partial charge in [-0.2, -0.15) is 0 Å². The lowest BCUT2D eigenvalue weighted by Crippen LogP contribution is -2.44. The molecule has 0 radical (unpaired) electrons. The van der Waals surface area contributed by atoms with Gasteiger partial charge >= 0.3 is 12.1 Å². The highest BCUT2D eigenvalue weighted by molar-refractivity contribution is 7.92. The van der Waals surface area contributed by atoms with Gasteiger partial charge in [-0.3, -0.25) is 9.52 Å². The van der Waals surface area contributed by atoms with Gasteiger partial charge in [-0.25, -0.2) is 32.0 Å². The Labute approximate surface area is 292 Å². The predicted molar refractivity (Wildman–Crippen MR) is 182 cm³/mol. The molecule has 0 bridgehead atoms. The van der Waals surface area contributed by atoms with Crippen LogP contribution in [0.2, 0.25) is 5.02 Å². The van der Waals surface area contributed by atoms with Gasteiger partial charge in [0, 0.05) is 54.0 Å². The average Bonchev–Trinajstić information content (AvgIpc) is 3.43. The van der Waals surface area contributed by atoms with E-state index in [2.05, 4.69) is 20.0 Å². The number of nitrogens with one attached hydrogen (secondary N) is 2. The van der Waals surface area contributed by atoms with Gasteiger partial charge in [-0.1, -0.05) is 23.7 Å². The van der Waals surface area contributed by atoms with Crippen LogP contribution >= 0.6 is 11.6 Å². The van der Waals surface area contributed by atoms with Crippen LogP contribution in [0.3, 0.4) is 0 Å². The third-order valence-electron chi connectivity index (χ3n) is 8.08. The largest absolute Gasteiger partial charge is 0.487 e. The van der Waals surface area contributed by atoms with Gasteiger partial charge in [0.25, 0.3) is 10.0 Å². The normalized spacial score (nSPS) is 16.5. The fourth-order valence-electron chi connectivity index (χ4n) is 5.81. The zero-order valence-corrected chi connectivity index (χ0v) is 29.1. The van der Waals surface area contributed by atoms with Crippen LogP contribution in [0.5, 0.6) is 5.75 Å². The highest BCUT2D eigenvalue weighted by atomic mass is 35.5. The minimum Gasteiger partial charge on any atom is -0.487 e. The Bertz CT molecular complexity index is 2100. The van der Waals surface area contributed by atoms with Gasteiger partial charge in [0.2, 0.25) is 5.95 Å². The number of sulfonamides is 1. The minimum absolute atomic E-state index is 0.0225. The fraction of sp³-hybridized carbons (Fsp3) is 0.353. The van der Waals surface area contributed by atoms with E-state index in [9.17, 15) is 18.0 Å². The first-order valence-electron chi connectivity index (χ1n) is 15.7. The molecule has 4 aromatic rings. The number of anilines is 2. The summed E-state index contributed by atoms with van der Waals surface area (Å²) < 4.78 is 77.3. The first kappa shape index (κ1) is 35.1. The van der Waals surface area contributed by atoms with E-state index >= 15 is 8.78 Å². The van der Waals surface area contributed by atoms with Gasteiger partial charge in [-0.05, 0) is 63.9 Å². The molecule has 1 fully saturated rings. The first-order valence-corrected chi connectivity index (χ1v) is 17.6. The molecule has 264 valence electrons. The summed E-state index contributed by atoms with van der Waals surface area (Å²) >= 11 is 6.20. The van der Waals surface area contributed by atoms with E-state index in [4.69, 9.17) is 25.8 Å². The second-order valence-corrected chi connectivity index (χ2v) is 15.0. The maximum Gasteiger partial charge on any atom is 0.410 e. The lowest BCUT2D eigenvalue weighted by molar-refractivity contribution is -0.147. The van der Waals surface area contributed by atoms with Crippen molar-refractivity contribution in [1.29, 1.82) is 0 Å². The second kappa shape index (κ2) is 13.5. The molecule has 3 heterocycles. The zero-order valence-electron chi connectivity index (χ0n) is 27.6. The van der Waals surface area contributed by atoms with Crippen molar-refractivity contribution >= 4 is 56.2 Å². The number of hydrogen-bond acceptors (Lipinski definition) is 10. The topological polar surface area (TPSA) is 149 Å². The van der Waals surface area contributed by atoms with Gasteiger partial charge in [0.05, 0.1) is 16.6 Å². The summed E-state index contributed by atoms with van der Waals surface area (Å²) in [5, 5.41) is 3.31. The van der Waals surface area contributed by atoms with Crippen molar-refractivity contribution in [3.8, 4) is 16.9 Å². The van der Waals surface area contributed by atoms with E-state index in [0.29, 0.717) is 25.9 Å². The number of amides is 1. The lowest BCUT2D eigenvalue weighted by atomic mass is 10.0. The molecule has 3 aromatic carbocycles. The summed E-state index contributed by atoms with van der Waals surface area (Å²) in [6.45, 7) is 7.51. The van der Waals surface area contributed by atoms with Crippen molar-refractivity contribution in [3.63, 3.8) is 0 Å². The SMILES string of the molecule is CC(=O)O[C@@H]1COc2c1cc(Cl)cc2S(=O)(=O)Nc1cccc(-c2ccc3nc(NC4CCN(C(=O)OC(C)(C)C)CC4)ncc3c2F)c1F. The van der Waals surface area contributed by atoms with Crippen molar-refractivity contribution in [2.24, 2.45) is 0 Å². The molecular formula is C34H34ClF2N5O7S. The molecule has 0 aliphatic carbocycles. The molecule has 1 atom stereocenters. The van der Waals surface area contributed by atoms with E-state index in [0.717, 1.165) is 6.07 Å². The standard InChI is InChI=1S/C34H34ClF2N5O7S/c1-18(43)48-27-17-47-31-23(27)14-19(35)15-28(31)50(45,46)41-26-7-5-6-21(30(26)37)22-8-9-25-24(29(22)36)16-38-32(40-25)39-20-10-12-42(13-11-20)33(44)49-34(2,3)4/h5-9,14-16,20,27,41H,10-13,17H2,1-4H3,(H,38,39,40)/t27-/m1/s1. The smallest absolute Gasteiger partial charge is 0.410 e. The third kappa shape index (κ3) is 7.38. The van der Waals surface area contributed by atoms with E-state index < -0.39 is 45.0 Å². The number of fused-ring (bicyclic) bond motifs is 2. The number of esters is 1. The van der Waals surface area contributed by atoms with E-state index in [1.807, 2.05) is 20.8 Å². The van der Waals surface area contributed by atoms with E-state index in [-0.39, 0.29) is 68.0 Å². The van der Waals surface area contributed by atoms with Crippen molar-refractivity contribution < 1.29 is 41.0 Å². The Morgan fingerprint density at radius 3 is 2.48 bits per heavy atom. The zero-order chi connectivity index (χ0) is 36.0.